The lowest BCUT2D eigenvalue weighted by Crippen LogP contribution is -2.25. The Hall–Kier alpha value is -6.78. The van der Waals surface area contributed by atoms with Crippen molar-refractivity contribution >= 4 is 67.3 Å². The van der Waals surface area contributed by atoms with Gasteiger partial charge in [0.15, 0.2) is 0 Å². The number of carbonyl (C=O) groups excluding carboxylic acids is 2. The summed E-state index contributed by atoms with van der Waals surface area (Å²) in [4.78, 5) is 54.4. The smallest absolute Gasteiger partial charge is 0.253 e. The molecule has 8 N–H and O–H groups in total. The number of aromatic nitrogens is 8. The number of hydrogen-bond acceptors (Lipinski definition) is 10. The van der Waals surface area contributed by atoms with Gasteiger partial charge in [-0.2, -0.15) is 0 Å². The van der Waals surface area contributed by atoms with Crippen molar-refractivity contribution < 1.29 is 19.8 Å². The summed E-state index contributed by atoms with van der Waals surface area (Å²) >= 11 is 0. The van der Waals surface area contributed by atoms with Gasteiger partial charge in [0.25, 0.3) is 11.8 Å². The molecule has 4 aromatic carbocycles. The van der Waals surface area contributed by atoms with Crippen LogP contribution in [0.2, 0.25) is 0 Å². The summed E-state index contributed by atoms with van der Waals surface area (Å²) in [7, 11) is 0. The molecule has 4 fully saturated rings. The van der Waals surface area contributed by atoms with E-state index >= 15 is 0 Å². The van der Waals surface area contributed by atoms with Crippen LogP contribution in [0.4, 0.5) is 11.4 Å². The molecular formula is C53H62N12O4. The maximum absolute atomic E-state index is 12.6. The number of aliphatic hydroxyl groups is 2. The molecule has 358 valence electrons. The topological polar surface area (TPSA) is 226 Å². The molecular weight excluding hydrogens is 869 g/mol. The molecule has 8 aromatic rings. The number of amides is 2. The van der Waals surface area contributed by atoms with Crippen molar-refractivity contribution in [2.45, 2.75) is 95.6 Å². The Balaban J connectivity index is 0.000000151. The molecule has 69 heavy (non-hydrogen) atoms. The van der Waals surface area contributed by atoms with E-state index in [4.69, 9.17) is 21.4 Å². The van der Waals surface area contributed by atoms with Gasteiger partial charge in [-0.1, -0.05) is 50.7 Å². The van der Waals surface area contributed by atoms with E-state index in [9.17, 15) is 19.8 Å². The van der Waals surface area contributed by atoms with E-state index in [1.165, 1.54) is 69.7 Å². The van der Waals surface area contributed by atoms with Crippen LogP contribution in [0.1, 0.15) is 116 Å². The third-order valence-corrected chi connectivity index (χ3v) is 15.6. The maximum Gasteiger partial charge on any atom is 0.253 e. The normalized spacial score (nSPS) is 19.3. The lowest BCUT2D eigenvalue weighted by molar-refractivity contribution is 0.0993. The first kappa shape index (κ1) is 44.7. The summed E-state index contributed by atoms with van der Waals surface area (Å²) < 4.78 is 4.68. The van der Waals surface area contributed by atoms with Crippen LogP contribution >= 0.6 is 0 Å². The van der Waals surface area contributed by atoms with Crippen molar-refractivity contribution in [3.05, 3.63) is 85.0 Å². The third kappa shape index (κ3) is 8.36. The van der Waals surface area contributed by atoms with Crippen LogP contribution < -0.4 is 21.3 Å². The van der Waals surface area contributed by atoms with Crippen LogP contribution in [0, 0.1) is 11.8 Å². The Morgan fingerprint density at radius 1 is 0.594 bits per heavy atom. The van der Waals surface area contributed by atoms with E-state index in [-0.39, 0.29) is 19.1 Å². The van der Waals surface area contributed by atoms with E-state index in [2.05, 4.69) is 81.3 Å². The Morgan fingerprint density at radius 3 is 1.49 bits per heavy atom. The molecule has 4 aromatic heterocycles. The zero-order valence-corrected chi connectivity index (χ0v) is 39.1. The van der Waals surface area contributed by atoms with Gasteiger partial charge in [-0.05, 0) is 98.4 Å². The Labute approximate surface area is 400 Å². The highest BCUT2D eigenvalue weighted by molar-refractivity contribution is 6.14. The summed E-state index contributed by atoms with van der Waals surface area (Å²) in [5.41, 5.74) is 25.2. The van der Waals surface area contributed by atoms with Gasteiger partial charge in [0, 0.05) is 68.5 Å². The molecule has 0 bridgehead atoms. The number of nitrogens with one attached hydrogen (secondary N) is 2. The largest absolute Gasteiger partial charge is 0.396 e. The number of benzene rings is 4. The summed E-state index contributed by atoms with van der Waals surface area (Å²) in [5, 5.41) is 19.0. The first-order valence-corrected chi connectivity index (χ1v) is 25.0. The fourth-order valence-corrected chi connectivity index (χ4v) is 12.0. The number of primary amides is 2. The van der Waals surface area contributed by atoms with E-state index in [0.29, 0.717) is 46.7 Å². The minimum atomic E-state index is -0.482. The highest BCUT2D eigenvalue weighted by Gasteiger charge is 2.31. The number of H-pyrrole nitrogens is 2. The molecule has 12 rings (SSSR count). The fraction of sp³-hybridized carbons (Fsp3) is 0.434. The maximum atomic E-state index is 12.6. The number of aliphatic hydroxyl groups excluding tert-OH is 2. The summed E-state index contributed by atoms with van der Waals surface area (Å²) in [6.45, 7) is 3.41. The average molecular weight is 931 g/mol. The average Bonchev–Trinajstić information content (AvgIpc) is 4.25. The molecule has 0 radical (unpaired) electrons. The number of imidazole rings is 4. The molecule has 2 aliphatic carbocycles. The SMILES string of the molecule is NC(=O)c1c(N2CCC(CCO)C2)cc(-c2ccc3c(c2)ncn3C2CCCCC2)c2nc[nH]c12.NC(=O)c1c(N2CC[C@H](CO)C2)cc(-c2ccc3c(c2)ncn3C2CCCCC2)c2nc[nH]c12. The molecule has 0 spiro atoms. The molecule has 16 heteroatoms. The highest BCUT2D eigenvalue weighted by Crippen LogP contribution is 2.42. The molecule has 2 amide bonds. The van der Waals surface area contributed by atoms with Gasteiger partial charge in [-0.3, -0.25) is 9.59 Å². The van der Waals surface area contributed by atoms with Gasteiger partial charge < -0.3 is 50.6 Å². The highest BCUT2D eigenvalue weighted by atomic mass is 16.3. The van der Waals surface area contributed by atoms with Crippen molar-refractivity contribution in [2.75, 3.05) is 49.2 Å². The second-order valence-corrected chi connectivity index (χ2v) is 19.8. The molecule has 1 unspecified atom stereocenters. The van der Waals surface area contributed by atoms with E-state index in [1.807, 2.05) is 18.7 Å². The first-order valence-electron chi connectivity index (χ1n) is 25.0. The van der Waals surface area contributed by atoms with Gasteiger partial charge >= 0.3 is 0 Å². The molecule has 6 heterocycles. The van der Waals surface area contributed by atoms with Crippen molar-refractivity contribution in [1.29, 1.82) is 0 Å². The van der Waals surface area contributed by atoms with Crippen LogP contribution in [0.5, 0.6) is 0 Å². The van der Waals surface area contributed by atoms with Gasteiger partial charge in [0.1, 0.15) is 0 Å². The second kappa shape index (κ2) is 19.0. The first-order chi connectivity index (χ1) is 33.8. The lowest BCUT2D eigenvalue weighted by atomic mass is 9.95. The van der Waals surface area contributed by atoms with E-state index < -0.39 is 11.8 Å². The number of rotatable bonds is 11. The Bertz CT molecular complexity index is 3170. The minimum absolute atomic E-state index is 0.141. The van der Waals surface area contributed by atoms with E-state index in [1.54, 1.807) is 12.7 Å². The zero-order chi connectivity index (χ0) is 47.2. The molecule has 2 saturated carbocycles. The van der Waals surface area contributed by atoms with Crippen LogP contribution in [-0.4, -0.2) is 100 Å². The molecule has 4 aliphatic rings. The molecule has 16 nitrogen and oxygen atoms in total. The zero-order valence-electron chi connectivity index (χ0n) is 39.1. The fourth-order valence-electron chi connectivity index (χ4n) is 12.0. The van der Waals surface area contributed by atoms with Crippen LogP contribution in [-0.2, 0) is 0 Å². The number of anilines is 2. The Morgan fingerprint density at radius 2 is 1.06 bits per heavy atom. The van der Waals surface area contributed by atoms with Crippen molar-refractivity contribution in [2.24, 2.45) is 23.3 Å². The quantitative estimate of drug-likeness (QED) is 0.0726. The predicted molar refractivity (Wildman–Crippen MR) is 270 cm³/mol. The summed E-state index contributed by atoms with van der Waals surface area (Å²) in [5.74, 6) is -0.346. The molecule has 2 aliphatic heterocycles. The Kier molecular flexibility index (Phi) is 12.3. The summed E-state index contributed by atoms with van der Waals surface area (Å²) in [6.07, 6.45) is 22.5. The number of fused-ring (bicyclic) bond motifs is 4. The van der Waals surface area contributed by atoms with Gasteiger partial charge in [-0.25, -0.2) is 19.9 Å². The predicted octanol–water partition coefficient (Wildman–Crippen LogP) is 8.39. The van der Waals surface area contributed by atoms with Crippen LogP contribution in [0.25, 0.3) is 66.4 Å². The number of aromatic amines is 2. The standard InChI is InChI=1S/C27H32N6O2.C26H30N6O2/c28-27(35)24-23(32-10-8-17(14-32)9-11-34)13-20(25-26(24)30-15-29-25)18-6-7-22-21(12-18)31-16-33(22)19-4-2-1-3-5-19;27-26(34)23-22(31-9-8-16(12-31)13-33)11-19(24-25(23)29-14-28-24)17-6-7-21-20(10-17)30-15-32(21)18-4-2-1-3-5-18/h6-7,12-13,15-17,19,34H,1-5,8-11,14H2,(H2,28,35)(H,29,30);6-7,10-11,14-16,18,33H,1-5,8-9,12-13H2,(H2,27,34)(H,28,29)/t;16-/m.0/s1. The van der Waals surface area contributed by atoms with Crippen LogP contribution in [0.15, 0.2) is 73.8 Å². The minimum Gasteiger partial charge on any atom is -0.396 e. The van der Waals surface area contributed by atoms with Crippen LogP contribution in [0.3, 0.4) is 0 Å². The van der Waals surface area contributed by atoms with E-state index in [0.717, 1.165) is 100 Å². The number of nitrogens with zero attached hydrogens (tertiary/aromatic N) is 8. The third-order valence-electron chi connectivity index (χ3n) is 15.6. The monoisotopic (exact) mass is 931 g/mol. The molecule has 2 atom stereocenters. The van der Waals surface area contributed by atoms with Crippen molar-refractivity contribution in [3.63, 3.8) is 0 Å². The summed E-state index contributed by atoms with van der Waals surface area (Å²) in [6, 6.07) is 18.0. The lowest BCUT2D eigenvalue weighted by Gasteiger charge is -2.24. The van der Waals surface area contributed by atoms with Gasteiger partial charge in [-0.15, -0.1) is 0 Å². The second-order valence-electron chi connectivity index (χ2n) is 19.8. The number of carbonyl (C=O) groups is 2. The number of nitrogens with two attached hydrogens (primary N) is 2. The van der Waals surface area contributed by atoms with Crippen molar-refractivity contribution in [1.82, 2.24) is 39.0 Å². The van der Waals surface area contributed by atoms with Crippen molar-refractivity contribution in [3.8, 4) is 22.3 Å². The van der Waals surface area contributed by atoms with Gasteiger partial charge in [0.05, 0.1) is 91.9 Å². The number of hydrogen-bond donors (Lipinski definition) is 6. The van der Waals surface area contributed by atoms with Gasteiger partial charge in [0.2, 0.25) is 0 Å². The molecule has 2 saturated heterocycles.